The van der Waals surface area contributed by atoms with Crippen molar-refractivity contribution in [1.82, 2.24) is 5.32 Å². The minimum Gasteiger partial charge on any atom is -0.534 e. The number of benzene rings is 1. The van der Waals surface area contributed by atoms with Crippen molar-refractivity contribution in [3.05, 3.63) is 29.3 Å². The van der Waals surface area contributed by atoms with Crippen LogP contribution in [0.3, 0.4) is 0 Å². The predicted molar refractivity (Wildman–Crippen MR) is 109 cm³/mol. The summed E-state index contributed by atoms with van der Waals surface area (Å²) in [5.74, 6) is -0.878. The standard InChI is InChI=1S/C20H30BN3O5/c22-9-8-16(23)13-6-4-12(5-7-13)10-18(25)24-17-11-14-2-1-3-15(20(26)27)19(14)29-21(17)28/h1-3,12-13,16-17,28H,4-11,22-23H2,(H,24,25)(H,26,27)/t12-,13-,16?,17-/m0/s1. The fraction of sp³-hybridized carbons (Fsp3) is 0.600. The number of carbonyl (C=O) groups excluding carboxylic acids is 1. The molecule has 8 nitrogen and oxygen atoms in total. The summed E-state index contributed by atoms with van der Waals surface area (Å²) in [5.41, 5.74) is 12.4. The number of hydrogen-bond donors (Lipinski definition) is 5. The number of amides is 1. The Kier molecular flexibility index (Phi) is 7.16. The molecule has 0 aromatic heterocycles. The third-order valence-electron chi connectivity index (χ3n) is 6.17. The van der Waals surface area contributed by atoms with E-state index in [2.05, 4.69) is 5.32 Å². The minimum absolute atomic E-state index is 0.0101. The Morgan fingerprint density at radius 3 is 2.66 bits per heavy atom. The number of carboxylic acid groups (broad SMARTS) is 1. The molecule has 3 rings (SSSR count). The van der Waals surface area contributed by atoms with Crippen molar-refractivity contribution < 1.29 is 24.4 Å². The van der Waals surface area contributed by atoms with Crippen LogP contribution in [0.4, 0.5) is 0 Å². The highest BCUT2D eigenvalue weighted by molar-refractivity contribution is 6.47. The zero-order chi connectivity index (χ0) is 21.0. The third kappa shape index (κ3) is 5.29. The van der Waals surface area contributed by atoms with Crippen LogP contribution in [-0.4, -0.2) is 47.7 Å². The summed E-state index contributed by atoms with van der Waals surface area (Å²) in [4.78, 5) is 23.8. The lowest BCUT2D eigenvalue weighted by Gasteiger charge is -2.32. The van der Waals surface area contributed by atoms with E-state index in [0.29, 0.717) is 36.8 Å². The molecule has 0 spiro atoms. The summed E-state index contributed by atoms with van der Waals surface area (Å²) >= 11 is 0. The fourth-order valence-electron chi connectivity index (χ4n) is 4.49. The van der Waals surface area contributed by atoms with Crippen LogP contribution in [0.1, 0.15) is 54.4 Å². The van der Waals surface area contributed by atoms with Gasteiger partial charge in [-0.05, 0) is 68.5 Å². The van der Waals surface area contributed by atoms with Crippen LogP contribution in [0.15, 0.2) is 18.2 Å². The number of nitrogens with one attached hydrogen (secondary N) is 1. The number of carbonyl (C=O) groups is 2. The molecule has 1 unspecified atom stereocenters. The largest absolute Gasteiger partial charge is 0.547 e. The average Bonchev–Trinajstić information content (AvgIpc) is 2.68. The van der Waals surface area contributed by atoms with Crippen molar-refractivity contribution in [1.29, 1.82) is 0 Å². The van der Waals surface area contributed by atoms with Gasteiger partial charge in [-0.25, -0.2) is 4.79 Å². The smallest absolute Gasteiger partial charge is 0.534 e. The van der Waals surface area contributed by atoms with Gasteiger partial charge in [0.1, 0.15) is 5.75 Å². The summed E-state index contributed by atoms with van der Waals surface area (Å²) in [6, 6.07) is 4.96. The molecule has 1 amide bonds. The molecule has 9 heteroatoms. The number of para-hydroxylation sites is 1. The molecular weight excluding hydrogens is 373 g/mol. The highest BCUT2D eigenvalue weighted by Crippen LogP contribution is 2.33. The average molecular weight is 403 g/mol. The Labute approximate surface area is 171 Å². The summed E-state index contributed by atoms with van der Waals surface area (Å²) in [5, 5.41) is 22.4. The maximum atomic E-state index is 12.5. The van der Waals surface area contributed by atoms with E-state index in [1.807, 2.05) is 0 Å². The highest BCUT2D eigenvalue weighted by Gasteiger charge is 2.38. The fourth-order valence-corrected chi connectivity index (χ4v) is 4.49. The van der Waals surface area contributed by atoms with Crippen LogP contribution >= 0.6 is 0 Å². The third-order valence-corrected chi connectivity index (χ3v) is 6.17. The molecule has 2 atom stereocenters. The molecule has 1 aliphatic carbocycles. The number of hydrogen-bond acceptors (Lipinski definition) is 6. The van der Waals surface area contributed by atoms with Crippen LogP contribution in [0.2, 0.25) is 0 Å². The van der Waals surface area contributed by atoms with Crippen molar-refractivity contribution in [2.75, 3.05) is 6.54 Å². The van der Waals surface area contributed by atoms with Gasteiger partial charge in [-0.1, -0.05) is 12.1 Å². The topological polar surface area (TPSA) is 148 Å². The lowest BCUT2D eigenvalue weighted by atomic mass is 9.72. The molecule has 1 fully saturated rings. The number of aromatic carboxylic acids is 1. The molecule has 1 aliphatic heterocycles. The van der Waals surface area contributed by atoms with Crippen LogP contribution < -0.4 is 21.4 Å². The zero-order valence-electron chi connectivity index (χ0n) is 16.5. The summed E-state index contributed by atoms with van der Waals surface area (Å²) in [6.45, 7) is 0.604. The van der Waals surface area contributed by atoms with Crippen molar-refractivity contribution in [2.24, 2.45) is 23.3 Å². The number of carboxylic acids is 1. The zero-order valence-corrected chi connectivity index (χ0v) is 16.5. The van der Waals surface area contributed by atoms with E-state index in [1.54, 1.807) is 12.1 Å². The van der Waals surface area contributed by atoms with Crippen LogP contribution in [-0.2, 0) is 11.2 Å². The molecular formula is C20H30BN3O5. The normalized spacial score (nSPS) is 24.9. The first-order valence-electron chi connectivity index (χ1n) is 10.3. The molecule has 1 saturated carbocycles. The Hall–Kier alpha value is -2.10. The maximum Gasteiger partial charge on any atom is 0.547 e. The first-order valence-corrected chi connectivity index (χ1v) is 10.3. The van der Waals surface area contributed by atoms with Crippen molar-refractivity contribution in [3.8, 4) is 5.75 Å². The van der Waals surface area contributed by atoms with E-state index < -0.39 is 19.0 Å². The molecule has 0 radical (unpaired) electrons. The second-order valence-corrected chi connectivity index (χ2v) is 8.21. The van der Waals surface area contributed by atoms with E-state index in [1.165, 1.54) is 6.07 Å². The monoisotopic (exact) mass is 403 g/mol. The van der Waals surface area contributed by atoms with Gasteiger partial charge < -0.3 is 31.6 Å². The summed E-state index contributed by atoms with van der Waals surface area (Å²) < 4.78 is 5.43. The van der Waals surface area contributed by atoms with E-state index >= 15 is 0 Å². The van der Waals surface area contributed by atoms with E-state index in [4.69, 9.17) is 16.1 Å². The molecule has 0 saturated heterocycles. The Morgan fingerprint density at radius 1 is 1.28 bits per heavy atom. The highest BCUT2D eigenvalue weighted by atomic mass is 16.5. The van der Waals surface area contributed by atoms with Crippen molar-refractivity contribution >= 4 is 19.0 Å². The van der Waals surface area contributed by atoms with Gasteiger partial charge in [0, 0.05) is 12.5 Å². The molecule has 1 aromatic rings. The maximum absolute atomic E-state index is 12.5. The van der Waals surface area contributed by atoms with Gasteiger partial charge in [-0.15, -0.1) is 0 Å². The second kappa shape index (κ2) is 9.60. The van der Waals surface area contributed by atoms with Crippen LogP contribution in [0, 0.1) is 11.8 Å². The van der Waals surface area contributed by atoms with Gasteiger partial charge in [0.15, 0.2) is 0 Å². The van der Waals surface area contributed by atoms with E-state index in [-0.39, 0.29) is 23.3 Å². The first-order chi connectivity index (χ1) is 13.9. The quantitative estimate of drug-likeness (QED) is 0.421. The predicted octanol–water partition coefficient (Wildman–Crippen LogP) is 0.697. The first kappa shape index (κ1) is 21.6. The molecule has 1 heterocycles. The lowest BCUT2D eigenvalue weighted by molar-refractivity contribution is -0.122. The Morgan fingerprint density at radius 2 is 2.00 bits per heavy atom. The van der Waals surface area contributed by atoms with Crippen molar-refractivity contribution in [3.63, 3.8) is 0 Å². The van der Waals surface area contributed by atoms with Gasteiger partial charge in [-0.2, -0.15) is 0 Å². The SMILES string of the molecule is NCCC(N)[C@H]1CC[C@H](CC(=O)N[C@H]2Cc3cccc(C(=O)O)c3OB2O)CC1. The molecule has 29 heavy (non-hydrogen) atoms. The van der Waals surface area contributed by atoms with Gasteiger partial charge in [0.25, 0.3) is 0 Å². The second-order valence-electron chi connectivity index (χ2n) is 8.21. The number of rotatable bonds is 7. The minimum atomic E-state index is -1.28. The van der Waals surface area contributed by atoms with Crippen LogP contribution in [0.25, 0.3) is 0 Å². The van der Waals surface area contributed by atoms with Gasteiger partial charge in [-0.3, -0.25) is 4.79 Å². The van der Waals surface area contributed by atoms with Crippen molar-refractivity contribution in [2.45, 2.75) is 56.9 Å². The van der Waals surface area contributed by atoms with E-state index in [9.17, 15) is 19.7 Å². The molecule has 158 valence electrons. The number of nitrogens with two attached hydrogens (primary N) is 2. The lowest BCUT2D eigenvalue weighted by Crippen LogP contribution is -2.53. The Bertz CT molecular complexity index is 739. The molecule has 2 aliphatic rings. The van der Waals surface area contributed by atoms with Gasteiger partial charge >= 0.3 is 13.1 Å². The van der Waals surface area contributed by atoms with Gasteiger partial charge in [0.2, 0.25) is 5.91 Å². The van der Waals surface area contributed by atoms with E-state index in [0.717, 1.165) is 32.1 Å². The van der Waals surface area contributed by atoms with Crippen LogP contribution in [0.5, 0.6) is 5.75 Å². The molecule has 7 N–H and O–H groups in total. The molecule has 0 bridgehead atoms. The molecule has 1 aromatic carbocycles. The Balaban J connectivity index is 1.52. The summed E-state index contributed by atoms with van der Waals surface area (Å²) in [6.07, 6.45) is 5.52. The summed E-state index contributed by atoms with van der Waals surface area (Å²) in [7, 11) is -1.28. The van der Waals surface area contributed by atoms with Gasteiger partial charge in [0.05, 0.1) is 11.5 Å². The number of fused-ring (bicyclic) bond motifs is 1.